The van der Waals surface area contributed by atoms with E-state index in [0.29, 0.717) is 10.6 Å². The average molecular weight is 1090 g/mol. The van der Waals surface area contributed by atoms with Crippen LogP contribution in [-0.2, 0) is 71.9 Å². The molecule has 426 valence electrons. The van der Waals surface area contributed by atoms with E-state index in [4.69, 9.17) is 5.73 Å². The lowest BCUT2D eigenvalue weighted by atomic mass is 10.00. The van der Waals surface area contributed by atoms with Gasteiger partial charge in [0.1, 0.15) is 70.9 Å². The molecule has 8 N–H and O–H groups in total. The number of anilines is 1. The summed E-state index contributed by atoms with van der Waals surface area (Å²) < 4.78 is 0. The molecule has 2 rings (SSSR count). The molecule has 1 aromatic carbocycles. The number of primary amides is 1. The van der Waals surface area contributed by atoms with Gasteiger partial charge in [0, 0.05) is 134 Å². The summed E-state index contributed by atoms with van der Waals surface area (Å²) in [4.78, 5) is 200. The molecule has 3 atom stereocenters. The fraction of sp³-hybridized carbons (Fsp3) is 0.556. The summed E-state index contributed by atoms with van der Waals surface area (Å²) in [6, 6.07) is 2.21. The van der Waals surface area contributed by atoms with Crippen molar-refractivity contribution in [2.45, 2.75) is 168 Å². The molecule has 9 amide bonds. The molecule has 0 aromatic heterocycles. The lowest BCUT2D eigenvalue weighted by molar-refractivity contribution is -0.141. The molecule has 0 saturated carbocycles. The number of ketones is 8. The summed E-state index contributed by atoms with van der Waals surface area (Å²) in [6.07, 6.45) is 0.130. The highest BCUT2D eigenvalue weighted by Gasteiger charge is 2.33. The number of hydrogen-bond acceptors (Lipinski definition) is 16. The smallest absolute Gasteiger partial charge is 0.312 e. The van der Waals surface area contributed by atoms with Crippen molar-refractivity contribution in [3.8, 4) is 0 Å². The van der Waals surface area contributed by atoms with Gasteiger partial charge in [-0.3, -0.25) is 72.0 Å². The predicted octanol–water partition coefficient (Wildman–Crippen LogP) is 1.74. The standard InChI is InChI=1S/C54H74N8O16/c1-33(2)50(53(77)60-44(6-5-30-57-54(55)78)51(75)58-36-10-7-34(3)8-11-36)61-52(76)45(59-47(72)32-62-48(73)27-28-49(62)74)29-31-56-46(71)26-25-43(70)24-23-42(69)22-21-41(68)20-19-40(67)18-17-39(66)16-15-38(65)14-13-37(64)12-9-35(4)63/h7-8,10-11,27-28,33,44-45,50H,5-6,9,12-26,29-32H2,1-4H3,(H,56,71)(H,58,75)(H,59,72)(H,60,77)(H,61,76)(H3,55,57,78). The molecule has 0 bridgehead atoms. The van der Waals surface area contributed by atoms with Crippen molar-refractivity contribution in [1.29, 1.82) is 0 Å². The zero-order valence-electron chi connectivity index (χ0n) is 44.9. The highest BCUT2D eigenvalue weighted by molar-refractivity contribution is 6.14. The zero-order valence-corrected chi connectivity index (χ0v) is 44.9. The quantitative estimate of drug-likeness (QED) is 0.0363. The Kier molecular flexibility index (Phi) is 30.1. The fourth-order valence-electron chi connectivity index (χ4n) is 7.50. The molecule has 24 nitrogen and oxygen atoms in total. The maximum atomic E-state index is 13.9. The third kappa shape index (κ3) is 28.3. The maximum absolute atomic E-state index is 13.9. The summed E-state index contributed by atoms with van der Waals surface area (Å²) >= 11 is 0. The Hall–Kier alpha value is -7.92. The summed E-state index contributed by atoms with van der Waals surface area (Å²) in [5.74, 6) is -8.34. The first-order chi connectivity index (χ1) is 36.8. The van der Waals surface area contributed by atoms with Gasteiger partial charge in [-0.2, -0.15) is 0 Å². The van der Waals surface area contributed by atoms with Crippen LogP contribution >= 0.6 is 0 Å². The highest BCUT2D eigenvalue weighted by Crippen LogP contribution is 2.14. The topological polar surface area (TPSA) is 375 Å². The van der Waals surface area contributed by atoms with Gasteiger partial charge in [-0.05, 0) is 51.2 Å². The third-order valence-electron chi connectivity index (χ3n) is 12.3. The highest BCUT2D eigenvalue weighted by atomic mass is 16.2. The van der Waals surface area contributed by atoms with Crippen LogP contribution in [0, 0.1) is 12.8 Å². The van der Waals surface area contributed by atoms with Gasteiger partial charge in [0.05, 0.1) is 0 Å². The van der Waals surface area contributed by atoms with E-state index in [2.05, 4.69) is 31.9 Å². The van der Waals surface area contributed by atoms with E-state index in [1.54, 1.807) is 38.1 Å². The molecule has 1 aromatic rings. The Morgan fingerprint density at radius 1 is 0.487 bits per heavy atom. The molecule has 1 aliphatic heterocycles. The zero-order chi connectivity index (χ0) is 58.3. The van der Waals surface area contributed by atoms with E-state index in [-0.39, 0.29) is 176 Å². The van der Waals surface area contributed by atoms with Gasteiger partial charge < -0.3 is 42.4 Å². The SMILES string of the molecule is CC(=O)CCC(=O)CCC(=O)CCC(=O)CCC(=O)CCC(=O)CCC(=O)CCC(=O)CCC(=O)NCCC(NC(=O)CN1C(=O)C=CC1=O)C(=O)NC(C(=O)NC(CCCNC(N)=O)C(=O)Nc1ccc(C)cc1)C(C)C. The second-order valence-corrected chi connectivity index (χ2v) is 19.4. The van der Waals surface area contributed by atoms with E-state index in [0.717, 1.165) is 17.7 Å². The van der Waals surface area contributed by atoms with Crippen LogP contribution in [0.5, 0.6) is 0 Å². The monoisotopic (exact) mass is 1090 g/mol. The van der Waals surface area contributed by atoms with Crippen molar-refractivity contribution < 1.29 is 76.7 Å². The minimum atomic E-state index is -1.46. The number of imide groups is 1. The predicted molar refractivity (Wildman–Crippen MR) is 280 cm³/mol. The van der Waals surface area contributed by atoms with Crippen LogP contribution in [-0.4, -0.2) is 136 Å². The van der Waals surface area contributed by atoms with E-state index >= 15 is 0 Å². The number of urea groups is 1. The van der Waals surface area contributed by atoms with Crippen molar-refractivity contribution >= 4 is 99.3 Å². The van der Waals surface area contributed by atoms with Crippen LogP contribution in [0.1, 0.15) is 148 Å². The number of nitrogens with two attached hydrogens (primary N) is 1. The largest absolute Gasteiger partial charge is 0.356 e. The molecule has 0 fully saturated rings. The van der Waals surface area contributed by atoms with Gasteiger partial charge in [-0.15, -0.1) is 0 Å². The van der Waals surface area contributed by atoms with Gasteiger partial charge >= 0.3 is 6.03 Å². The number of benzene rings is 1. The second kappa shape index (κ2) is 35.4. The van der Waals surface area contributed by atoms with Crippen LogP contribution in [0.4, 0.5) is 10.5 Å². The number of carbonyl (C=O) groups is 16. The first-order valence-electron chi connectivity index (χ1n) is 26.1. The summed E-state index contributed by atoms with van der Waals surface area (Å²) in [7, 11) is 0. The number of hydrogen-bond donors (Lipinski definition) is 7. The van der Waals surface area contributed by atoms with Crippen molar-refractivity contribution in [1.82, 2.24) is 31.5 Å². The minimum Gasteiger partial charge on any atom is -0.356 e. The number of carbonyl (C=O) groups excluding carboxylic acids is 16. The lowest BCUT2D eigenvalue weighted by Gasteiger charge is -2.27. The molecule has 24 heteroatoms. The van der Waals surface area contributed by atoms with Crippen molar-refractivity contribution in [3.63, 3.8) is 0 Å². The van der Waals surface area contributed by atoms with E-state index in [1.807, 2.05) is 6.92 Å². The van der Waals surface area contributed by atoms with Crippen LogP contribution in [0.2, 0.25) is 0 Å². The van der Waals surface area contributed by atoms with Gasteiger partial charge in [-0.25, -0.2) is 4.79 Å². The second-order valence-electron chi connectivity index (χ2n) is 19.4. The Morgan fingerprint density at radius 3 is 1.33 bits per heavy atom. The third-order valence-corrected chi connectivity index (χ3v) is 12.3. The van der Waals surface area contributed by atoms with E-state index in [1.165, 1.54) is 6.92 Å². The van der Waals surface area contributed by atoms with Crippen LogP contribution in [0.25, 0.3) is 0 Å². The normalized spacial score (nSPS) is 12.9. The number of rotatable bonds is 41. The molecular formula is C54H74N8O16. The Labute approximate surface area is 452 Å². The molecule has 1 aliphatic rings. The van der Waals surface area contributed by atoms with Gasteiger partial charge in [0.15, 0.2) is 0 Å². The van der Waals surface area contributed by atoms with Crippen LogP contribution in [0.3, 0.4) is 0 Å². The van der Waals surface area contributed by atoms with Crippen LogP contribution < -0.4 is 37.6 Å². The Morgan fingerprint density at radius 2 is 0.910 bits per heavy atom. The molecule has 78 heavy (non-hydrogen) atoms. The average Bonchev–Trinajstić information content (AvgIpc) is 3.70. The Bertz CT molecular complexity index is 2410. The van der Waals surface area contributed by atoms with Crippen LogP contribution in [0.15, 0.2) is 36.4 Å². The number of nitrogens with zero attached hydrogens (tertiary/aromatic N) is 1. The Balaban J connectivity index is 1.88. The first-order valence-corrected chi connectivity index (χ1v) is 26.1. The molecule has 0 spiro atoms. The summed E-state index contributed by atoms with van der Waals surface area (Å²) in [6.45, 7) is 5.55. The number of aryl methyl sites for hydroxylation is 1. The van der Waals surface area contributed by atoms with Gasteiger partial charge in [-0.1, -0.05) is 31.5 Å². The van der Waals surface area contributed by atoms with E-state index in [9.17, 15) is 76.7 Å². The number of nitrogens with one attached hydrogen (secondary N) is 6. The van der Waals surface area contributed by atoms with E-state index < -0.39 is 83.8 Å². The molecule has 0 saturated heterocycles. The maximum Gasteiger partial charge on any atom is 0.312 e. The summed E-state index contributed by atoms with van der Waals surface area (Å²) in [5.41, 5.74) is 6.55. The number of Topliss-reactive ketones (excluding diaryl/α,β-unsaturated/α-hetero) is 8. The van der Waals surface area contributed by atoms with Gasteiger partial charge in [0.2, 0.25) is 29.5 Å². The molecular weight excluding hydrogens is 1020 g/mol. The molecule has 3 unspecified atom stereocenters. The minimum absolute atomic E-state index is 0.00194. The van der Waals surface area contributed by atoms with Crippen molar-refractivity contribution in [2.75, 3.05) is 25.0 Å². The summed E-state index contributed by atoms with van der Waals surface area (Å²) in [5, 5.41) is 15.4. The van der Waals surface area contributed by atoms with Gasteiger partial charge in [0.25, 0.3) is 11.8 Å². The number of amides is 9. The fourth-order valence-corrected chi connectivity index (χ4v) is 7.50. The lowest BCUT2D eigenvalue weighted by Crippen LogP contribution is -2.58. The molecule has 1 heterocycles. The van der Waals surface area contributed by atoms with Crippen molar-refractivity contribution in [2.24, 2.45) is 11.7 Å². The first kappa shape index (κ1) is 66.2. The molecule has 0 aliphatic carbocycles. The molecule has 0 radical (unpaired) electrons. The van der Waals surface area contributed by atoms with Crippen molar-refractivity contribution in [3.05, 3.63) is 42.0 Å².